The molecule has 2 atom stereocenters. The Balaban J connectivity index is 1.66. The fourth-order valence-electron chi connectivity index (χ4n) is 4.44. The largest absolute Gasteiger partial charge is 0.353 e. The Morgan fingerprint density at radius 2 is 2.14 bits per heavy atom. The lowest BCUT2D eigenvalue weighted by atomic mass is 10.1. The number of carbonyl (C=O) groups is 1. The third-order valence-corrected chi connectivity index (χ3v) is 7.29. The molecule has 3 heterocycles. The number of hydrogen-bond acceptors (Lipinski definition) is 5. The molecular formula is C22H28N4O2S. The topological polar surface area (TPSA) is 67.2 Å². The predicted octanol–water partition coefficient (Wildman–Crippen LogP) is 3.47. The molecule has 0 saturated carbocycles. The number of aryl methyl sites for hydroxylation is 1. The lowest BCUT2D eigenvalue weighted by molar-refractivity contribution is -0.125. The van der Waals surface area contributed by atoms with Crippen LogP contribution in [0.5, 0.6) is 0 Å². The van der Waals surface area contributed by atoms with Gasteiger partial charge < -0.3 is 5.32 Å². The zero-order valence-corrected chi connectivity index (χ0v) is 18.1. The molecule has 4 rings (SSSR count). The number of likely N-dealkylation sites (tertiary alicyclic amines) is 1. The number of nitrogens with zero attached hydrogens (tertiary/aromatic N) is 3. The molecule has 1 aliphatic rings. The molecular weight excluding hydrogens is 384 g/mol. The van der Waals surface area contributed by atoms with Crippen molar-refractivity contribution in [2.45, 2.75) is 52.1 Å². The quantitative estimate of drug-likeness (QED) is 0.673. The molecule has 1 saturated heterocycles. The van der Waals surface area contributed by atoms with Crippen LogP contribution in [-0.2, 0) is 4.79 Å². The lowest BCUT2D eigenvalue weighted by Crippen LogP contribution is -2.44. The number of likely N-dealkylation sites (N-methyl/N-ethyl adjacent to an activating group) is 1. The summed E-state index contributed by atoms with van der Waals surface area (Å²) in [5, 5.41) is 9.25. The van der Waals surface area contributed by atoms with Gasteiger partial charge in [-0.1, -0.05) is 32.0 Å². The second-order valence-corrected chi connectivity index (χ2v) is 8.78. The van der Waals surface area contributed by atoms with E-state index in [1.54, 1.807) is 11.3 Å². The predicted molar refractivity (Wildman–Crippen MR) is 119 cm³/mol. The number of amides is 1. The van der Waals surface area contributed by atoms with Crippen molar-refractivity contribution in [1.29, 1.82) is 0 Å². The van der Waals surface area contributed by atoms with Crippen LogP contribution >= 0.6 is 11.3 Å². The molecule has 0 bridgehead atoms. The van der Waals surface area contributed by atoms with Crippen molar-refractivity contribution in [1.82, 2.24) is 20.0 Å². The maximum Gasteiger partial charge on any atom is 0.276 e. The van der Waals surface area contributed by atoms with E-state index in [2.05, 4.69) is 22.2 Å². The van der Waals surface area contributed by atoms with E-state index in [4.69, 9.17) is 0 Å². The first-order valence-electron chi connectivity index (χ1n) is 10.5. The van der Waals surface area contributed by atoms with E-state index in [1.165, 1.54) is 11.1 Å². The molecule has 7 heteroatoms. The zero-order valence-electron chi connectivity index (χ0n) is 17.3. The van der Waals surface area contributed by atoms with Gasteiger partial charge in [0.25, 0.3) is 5.56 Å². The minimum absolute atomic E-state index is 0.122. The van der Waals surface area contributed by atoms with Crippen LogP contribution in [0, 0.1) is 6.92 Å². The molecule has 0 spiro atoms. The second kappa shape index (κ2) is 8.24. The standard InChI is InChI=1S/C22H28N4O2S/c1-4-17(21(27)23-13-15-9-8-12-25(15)5-2)26-22(28)19-16-10-6-7-11-18(16)29-20(19)14(3)24-26/h6-7,10-11,15,17H,4-5,8-9,12-13H2,1-3H3,(H,23,27). The monoisotopic (exact) mass is 412 g/mol. The maximum absolute atomic E-state index is 13.3. The number of hydrogen-bond donors (Lipinski definition) is 1. The van der Waals surface area contributed by atoms with Crippen molar-refractivity contribution in [3.8, 4) is 0 Å². The van der Waals surface area contributed by atoms with Gasteiger partial charge >= 0.3 is 0 Å². The number of carbonyl (C=O) groups excluding carboxylic acids is 1. The van der Waals surface area contributed by atoms with Gasteiger partial charge in [0.2, 0.25) is 5.91 Å². The number of nitrogens with one attached hydrogen (secondary N) is 1. The minimum Gasteiger partial charge on any atom is -0.353 e. The van der Waals surface area contributed by atoms with Crippen LogP contribution < -0.4 is 10.9 Å². The van der Waals surface area contributed by atoms with Gasteiger partial charge in [0.1, 0.15) is 6.04 Å². The maximum atomic E-state index is 13.3. The Labute approximate surface area is 174 Å². The Hall–Kier alpha value is -2.25. The fourth-order valence-corrected chi connectivity index (χ4v) is 5.57. The SMILES string of the molecule is CCC(C(=O)NCC1CCCN1CC)n1nc(C)c2sc3ccccc3c2c1=O. The molecule has 2 unspecified atom stereocenters. The highest BCUT2D eigenvalue weighted by molar-refractivity contribution is 7.26. The van der Waals surface area contributed by atoms with Crippen molar-refractivity contribution >= 4 is 37.4 Å². The van der Waals surface area contributed by atoms with Gasteiger partial charge in [0.05, 0.1) is 15.8 Å². The summed E-state index contributed by atoms with van der Waals surface area (Å²) in [7, 11) is 0. The summed E-state index contributed by atoms with van der Waals surface area (Å²) in [5.74, 6) is -0.122. The van der Waals surface area contributed by atoms with Crippen LogP contribution in [0.1, 0.15) is 44.8 Å². The van der Waals surface area contributed by atoms with Gasteiger partial charge in [-0.05, 0) is 45.3 Å². The highest BCUT2D eigenvalue weighted by atomic mass is 32.1. The summed E-state index contributed by atoms with van der Waals surface area (Å²) < 4.78 is 3.38. The number of benzene rings is 1. The van der Waals surface area contributed by atoms with Crippen LogP contribution in [0.3, 0.4) is 0 Å². The van der Waals surface area contributed by atoms with Crippen LogP contribution in [-0.4, -0.2) is 46.3 Å². The molecule has 1 aromatic carbocycles. The summed E-state index contributed by atoms with van der Waals surface area (Å²) in [6.45, 7) is 8.71. The van der Waals surface area contributed by atoms with Gasteiger partial charge in [0.15, 0.2) is 0 Å². The number of fused-ring (bicyclic) bond motifs is 3. The van der Waals surface area contributed by atoms with Gasteiger partial charge in [-0.15, -0.1) is 11.3 Å². The summed E-state index contributed by atoms with van der Waals surface area (Å²) in [4.78, 5) is 28.7. The van der Waals surface area contributed by atoms with Crippen LogP contribution in [0.2, 0.25) is 0 Å². The minimum atomic E-state index is -0.597. The molecule has 1 fully saturated rings. The van der Waals surface area contributed by atoms with Crippen molar-refractivity contribution in [3.05, 3.63) is 40.3 Å². The van der Waals surface area contributed by atoms with E-state index in [0.29, 0.717) is 24.4 Å². The first kappa shape index (κ1) is 20.0. The summed E-state index contributed by atoms with van der Waals surface area (Å²) in [5.41, 5.74) is 0.612. The van der Waals surface area contributed by atoms with Crippen LogP contribution in [0.4, 0.5) is 0 Å². The number of rotatable bonds is 6. The third-order valence-electron chi connectivity index (χ3n) is 6.01. The molecule has 1 aliphatic heterocycles. The van der Waals surface area contributed by atoms with E-state index >= 15 is 0 Å². The Morgan fingerprint density at radius 3 is 2.90 bits per heavy atom. The molecule has 154 valence electrons. The molecule has 1 amide bonds. The van der Waals surface area contributed by atoms with E-state index in [-0.39, 0.29) is 11.5 Å². The smallest absolute Gasteiger partial charge is 0.276 e. The average Bonchev–Trinajstić information content (AvgIpc) is 3.35. The van der Waals surface area contributed by atoms with E-state index in [0.717, 1.165) is 40.0 Å². The van der Waals surface area contributed by atoms with Crippen LogP contribution in [0.25, 0.3) is 20.2 Å². The van der Waals surface area contributed by atoms with Gasteiger partial charge in [0, 0.05) is 22.7 Å². The molecule has 2 aromatic heterocycles. The summed E-state index contributed by atoms with van der Waals surface area (Å²) in [6, 6.07) is 7.70. The Bertz CT molecular complexity index is 1100. The second-order valence-electron chi connectivity index (χ2n) is 7.73. The van der Waals surface area contributed by atoms with E-state index < -0.39 is 6.04 Å². The highest BCUT2D eigenvalue weighted by Gasteiger charge is 2.27. The first-order chi connectivity index (χ1) is 14.0. The first-order valence-corrected chi connectivity index (χ1v) is 11.3. The van der Waals surface area contributed by atoms with Gasteiger partial charge in [-0.2, -0.15) is 5.10 Å². The van der Waals surface area contributed by atoms with Crippen LogP contribution in [0.15, 0.2) is 29.1 Å². The molecule has 3 aromatic rings. The fraction of sp³-hybridized carbons (Fsp3) is 0.500. The van der Waals surface area contributed by atoms with Crippen molar-refractivity contribution in [2.24, 2.45) is 0 Å². The van der Waals surface area contributed by atoms with Crippen molar-refractivity contribution in [2.75, 3.05) is 19.6 Å². The summed E-state index contributed by atoms with van der Waals surface area (Å²) >= 11 is 1.59. The molecule has 0 aliphatic carbocycles. The average molecular weight is 413 g/mol. The molecule has 1 N–H and O–H groups in total. The number of thiophene rings is 1. The Morgan fingerprint density at radius 1 is 1.34 bits per heavy atom. The van der Waals surface area contributed by atoms with Gasteiger partial charge in [-0.25, -0.2) is 4.68 Å². The molecule has 0 radical (unpaired) electrons. The molecule has 6 nitrogen and oxygen atoms in total. The van der Waals surface area contributed by atoms with Gasteiger partial charge in [-0.3, -0.25) is 14.5 Å². The summed E-state index contributed by atoms with van der Waals surface area (Å²) in [6.07, 6.45) is 2.80. The van der Waals surface area contributed by atoms with Crippen molar-refractivity contribution in [3.63, 3.8) is 0 Å². The lowest BCUT2D eigenvalue weighted by Gasteiger charge is -2.24. The zero-order chi connectivity index (χ0) is 20.5. The third kappa shape index (κ3) is 3.57. The van der Waals surface area contributed by atoms with E-state index in [1.807, 2.05) is 38.1 Å². The Kier molecular flexibility index (Phi) is 5.69. The normalized spacial score (nSPS) is 18.5. The molecule has 29 heavy (non-hydrogen) atoms. The highest BCUT2D eigenvalue weighted by Crippen LogP contribution is 2.33. The number of aromatic nitrogens is 2. The van der Waals surface area contributed by atoms with E-state index in [9.17, 15) is 9.59 Å². The van der Waals surface area contributed by atoms with Crippen molar-refractivity contribution < 1.29 is 4.79 Å².